The van der Waals surface area contributed by atoms with Gasteiger partial charge in [-0.3, -0.25) is 9.55 Å². The minimum Gasteiger partial charge on any atom is -0.491 e. The summed E-state index contributed by atoms with van der Waals surface area (Å²) in [5.74, 6) is 1.91. The second-order valence-corrected chi connectivity index (χ2v) is 7.58. The molecule has 3 rings (SSSR count). The van der Waals surface area contributed by atoms with Crippen molar-refractivity contribution in [2.45, 2.75) is 17.8 Å². The number of nitrogens with zero attached hydrogens (tertiary/aromatic N) is 4. The first-order valence-corrected chi connectivity index (χ1v) is 10.1. The molecule has 0 aliphatic carbocycles. The summed E-state index contributed by atoms with van der Waals surface area (Å²) in [6.07, 6.45) is 4.61. The third-order valence-corrected chi connectivity index (χ3v) is 5.22. The van der Waals surface area contributed by atoms with Crippen molar-refractivity contribution in [2.75, 3.05) is 12.4 Å². The Hall–Kier alpha value is -2.16. The van der Waals surface area contributed by atoms with Gasteiger partial charge in [0.25, 0.3) is 0 Å². The molecule has 2 aromatic heterocycles. The van der Waals surface area contributed by atoms with E-state index < -0.39 is 6.10 Å². The van der Waals surface area contributed by atoms with Crippen molar-refractivity contribution in [2.24, 2.45) is 0 Å². The zero-order valence-electron chi connectivity index (χ0n) is 14.5. The van der Waals surface area contributed by atoms with Crippen LogP contribution in [0.2, 0.25) is 0 Å². The predicted molar refractivity (Wildman–Crippen MR) is 110 cm³/mol. The molecule has 0 aliphatic heterocycles. The summed E-state index contributed by atoms with van der Waals surface area (Å²) < 4.78 is 8.53. The van der Waals surface area contributed by atoms with Gasteiger partial charge in [0.15, 0.2) is 11.0 Å². The van der Waals surface area contributed by atoms with Gasteiger partial charge in [-0.05, 0) is 30.3 Å². The first-order valence-electron chi connectivity index (χ1n) is 8.31. The van der Waals surface area contributed by atoms with Crippen LogP contribution < -0.4 is 4.74 Å². The molecule has 0 radical (unpaired) electrons. The van der Waals surface area contributed by atoms with Crippen molar-refractivity contribution in [3.63, 3.8) is 0 Å². The van der Waals surface area contributed by atoms with Crippen LogP contribution in [0.15, 0.2) is 71.1 Å². The van der Waals surface area contributed by atoms with Gasteiger partial charge in [-0.15, -0.1) is 16.8 Å². The van der Waals surface area contributed by atoms with Gasteiger partial charge in [-0.1, -0.05) is 39.8 Å². The lowest BCUT2D eigenvalue weighted by Crippen LogP contribution is -2.20. The maximum Gasteiger partial charge on any atom is 0.191 e. The number of ether oxygens (including phenoxy) is 1. The smallest absolute Gasteiger partial charge is 0.191 e. The molecule has 0 fully saturated rings. The zero-order valence-corrected chi connectivity index (χ0v) is 16.9. The number of benzene rings is 1. The molecule has 1 aromatic carbocycles. The molecule has 0 bridgehead atoms. The Balaban J connectivity index is 1.61. The lowest BCUT2D eigenvalue weighted by molar-refractivity contribution is 0.126. The summed E-state index contributed by atoms with van der Waals surface area (Å²) in [5.41, 5.74) is 0.935. The van der Waals surface area contributed by atoms with Crippen LogP contribution in [0.25, 0.3) is 11.4 Å². The van der Waals surface area contributed by atoms with E-state index in [1.807, 2.05) is 41.0 Å². The number of pyridine rings is 1. The number of halogens is 1. The fraction of sp³-hybridized carbons (Fsp3) is 0.211. The highest BCUT2D eigenvalue weighted by Crippen LogP contribution is 2.24. The van der Waals surface area contributed by atoms with Crippen molar-refractivity contribution < 1.29 is 9.84 Å². The number of rotatable bonds is 9. The standard InChI is InChI=1S/C19H19BrN4O2S/c1-2-10-24-18(14-6-8-21-9-7-14)22-23-19(24)27-13-16(25)12-26-17-5-3-4-15(20)11-17/h2-9,11,16,25H,1,10,12-13H2/t16-/m0/s1. The summed E-state index contributed by atoms with van der Waals surface area (Å²) in [5, 5.41) is 19.5. The number of aliphatic hydroxyl groups is 1. The molecule has 0 amide bonds. The van der Waals surface area contributed by atoms with Crippen LogP contribution in [-0.4, -0.2) is 43.3 Å². The number of hydrogen-bond donors (Lipinski definition) is 1. The largest absolute Gasteiger partial charge is 0.491 e. The average Bonchev–Trinajstić information content (AvgIpc) is 3.08. The molecule has 8 heteroatoms. The number of hydrogen-bond acceptors (Lipinski definition) is 6. The van der Waals surface area contributed by atoms with Gasteiger partial charge in [-0.2, -0.15) is 0 Å². The molecule has 0 saturated carbocycles. The number of thioether (sulfide) groups is 1. The van der Waals surface area contributed by atoms with E-state index in [1.54, 1.807) is 18.5 Å². The fourth-order valence-corrected chi connectivity index (χ4v) is 3.60. The van der Waals surface area contributed by atoms with E-state index in [0.717, 1.165) is 21.0 Å². The van der Waals surface area contributed by atoms with Crippen LogP contribution in [0.3, 0.4) is 0 Å². The minimum atomic E-state index is -0.632. The molecule has 1 atom stereocenters. The second kappa shape index (κ2) is 9.68. The summed E-state index contributed by atoms with van der Waals surface area (Å²) in [6, 6.07) is 11.3. The van der Waals surface area contributed by atoms with Crippen molar-refractivity contribution in [3.05, 3.63) is 65.9 Å². The Kier molecular flexibility index (Phi) is 7.03. The van der Waals surface area contributed by atoms with Crippen LogP contribution in [0.1, 0.15) is 0 Å². The van der Waals surface area contributed by atoms with E-state index in [2.05, 4.69) is 37.7 Å². The molecule has 6 nitrogen and oxygen atoms in total. The van der Waals surface area contributed by atoms with Crippen molar-refractivity contribution in [3.8, 4) is 17.1 Å². The van der Waals surface area contributed by atoms with Gasteiger partial charge in [0.05, 0.1) is 6.10 Å². The van der Waals surface area contributed by atoms with Crippen LogP contribution in [0, 0.1) is 0 Å². The van der Waals surface area contributed by atoms with Gasteiger partial charge < -0.3 is 9.84 Å². The summed E-state index contributed by atoms with van der Waals surface area (Å²) in [7, 11) is 0. The van der Waals surface area contributed by atoms with Crippen LogP contribution in [-0.2, 0) is 6.54 Å². The van der Waals surface area contributed by atoms with Gasteiger partial charge in [0, 0.05) is 34.7 Å². The van der Waals surface area contributed by atoms with Crippen molar-refractivity contribution >= 4 is 27.7 Å². The van der Waals surface area contributed by atoms with Crippen LogP contribution in [0.5, 0.6) is 5.75 Å². The molecule has 0 spiro atoms. The Labute approximate surface area is 170 Å². The summed E-state index contributed by atoms with van der Waals surface area (Å²) >= 11 is 4.83. The van der Waals surface area contributed by atoms with E-state index >= 15 is 0 Å². The highest BCUT2D eigenvalue weighted by molar-refractivity contribution is 9.10. The van der Waals surface area contributed by atoms with Crippen molar-refractivity contribution in [1.29, 1.82) is 0 Å². The SMILES string of the molecule is C=CCn1c(SC[C@@H](O)COc2cccc(Br)c2)nnc1-c1ccncc1. The van der Waals surface area contributed by atoms with Crippen LogP contribution >= 0.6 is 27.7 Å². The number of aromatic nitrogens is 4. The molecule has 0 aliphatic rings. The predicted octanol–water partition coefficient (Wildman–Crippen LogP) is 3.82. The quantitative estimate of drug-likeness (QED) is 0.397. The second-order valence-electron chi connectivity index (χ2n) is 5.67. The third kappa shape index (κ3) is 5.41. The van der Waals surface area contributed by atoms with Crippen molar-refractivity contribution in [1.82, 2.24) is 19.7 Å². The van der Waals surface area contributed by atoms with Gasteiger partial charge in [0.1, 0.15) is 12.4 Å². The maximum atomic E-state index is 10.2. The maximum absolute atomic E-state index is 10.2. The normalized spacial score (nSPS) is 11.9. The molecular formula is C19H19BrN4O2S. The highest BCUT2D eigenvalue weighted by atomic mass is 79.9. The topological polar surface area (TPSA) is 73.1 Å². The first-order chi connectivity index (χ1) is 13.2. The Morgan fingerprint density at radius 3 is 2.81 bits per heavy atom. The lowest BCUT2D eigenvalue weighted by atomic mass is 10.2. The summed E-state index contributed by atoms with van der Waals surface area (Å²) in [4.78, 5) is 4.03. The lowest BCUT2D eigenvalue weighted by Gasteiger charge is -2.13. The molecule has 0 saturated heterocycles. The van der Waals surface area contributed by atoms with Gasteiger partial charge in [0.2, 0.25) is 0 Å². The molecule has 140 valence electrons. The Morgan fingerprint density at radius 1 is 1.26 bits per heavy atom. The van der Waals surface area contributed by atoms with E-state index in [4.69, 9.17) is 4.74 Å². The first kappa shape index (κ1) is 19.6. The number of allylic oxidation sites excluding steroid dienone is 1. The Morgan fingerprint density at radius 2 is 2.07 bits per heavy atom. The fourth-order valence-electron chi connectivity index (χ4n) is 2.37. The van der Waals surface area contributed by atoms with E-state index in [-0.39, 0.29) is 6.61 Å². The Bertz CT molecular complexity index is 888. The minimum absolute atomic E-state index is 0.205. The number of aliphatic hydroxyl groups excluding tert-OH is 1. The van der Waals surface area contributed by atoms with Gasteiger partial charge in [-0.25, -0.2) is 0 Å². The highest BCUT2D eigenvalue weighted by Gasteiger charge is 2.15. The molecule has 1 N–H and O–H groups in total. The molecular weight excluding hydrogens is 428 g/mol. The van der Waals surface area contributed by atoms with Crippen LogP contribution in [0.4, 0.5) is 0 Å². The molecule has 27 heavy (non-hydrogen) atoms. The zero-order chi connectivity index (χ0) is 19.1. The van der Waals surface area contributed by atoms with E-state index in [9.17, 15) is 5.11 Å². The monoisotopic (exact) mass is 446 g/mol. The van der Waals surface area contributed by atoms with E-state index in [1.165, 1.54) is 11.8 Å². The average molecular weight is 447 g/mol. The molecule has 2 heterocycles. The summed E-state index contributed by atoms with van der Waals surface area (Å²) in [6.45, 7) is 4.59. The molecule has 0 unspecified atom stereocenters. The van der Waals surface area contributed by atoms with Gasteiger partial charge >= 0.3 is 0 Å². The third-order valence-electron chi connectivity index (χ3n) is 3.61. The molecule has 3 aromatic rings. The van der Waals surface area contributed by atoms with E-state index in [0.29, 0.717) is 18.0 Å².